The Bertz CT molecular complexity index is 564. The number of amides is 1. The molecule has 1 aliphatic heterocycles. The van der Waals surface area contributed by atoms with Gasteiger partial charge in [-0.05, 0) is 38.4 Å². The average molecular weight is 373 g/mol. The second kappa shape index (κ2) is 9.39. The molecule has 0 aromatic carbocycles. The minimum absolute atomic E-state index is 0.0773. The number of thiophene rings is 1. The van der Waals surface area contributed by atoms with Gasteiger partial charge in [0.15, 0.2) is 0 Å². The molecule has 0 N–H and O–H groups in total. The van der Waals surface area contributed by atoms with E-state index >= 15 is 0 Å². The molecule has 1 unspecified atom stereocenters. The number of hydrogen-bond acceptors (Lipinski definition) is 5. The van der Waals surface area contributed by atoms with Gasteiger partial charge in [-0.2, -0.15) is 0 Å². The van der Waals surface area contributed by atoms with Gasteiger partial charge < -0.3 is 9.64 Å². The molecule has 0 bridgehead atoms. The number of piperidine rings is 1. The summed E-state index contributed by atoms with van der Waals surface area (Å²) < 4.78 is 5.86. The Hall–Kier alpha value is -1.11. The van der Waals surface area contributed by atoms with E-state index in [9.17, 15) is 9.59 Å². The topological polar surface area (TPSA) is 49.9 Å². The van der Waals surface area contributed by atoms with Gasteiger partial charge in [0.05, 0.1) is 23.4 Å². The van der Waals surface area contributed by atoms with E-state index in [4.69, 9.17) is 16.3 Å². The number of halogens is 1. The normalized spacial score (nSPS) is 18.0. The van der Waals surface area contributed by atoms with Crippen molar-refractivity contribution in [1.29, 1.82) is 0 Å². The van der Waals surface area contributed by atoms with Crippen molar-refractivity contribution in [2.24, 2.45) is 5.92 Å². The Morgan fingerprint density at radius 2 is 2.21 bits per heavy atom. The SMILES string of the molecule is CCOC(=O)C1CCCN(C(=O)CN(CC)Cc2ccc(Cl)s2)C1. The third-order valence-corrected chi connectivity index (χ3v) is 5.42. The van der Waals surface area contributed by atoms with E-state index in [1.165, 1.54) is 0 Å². The molecule has 0 radical (unpaired) electrons. The van der Waals surface area contributed by atoms with Crippen LogP contribution >= 0.6 is 22.9 Å². The molecule has 24 heavy (non-hydrogen) atoms. The molecule has 1 aliphatic rings. The Labute approximate surface area is 152 Å². The molecule has 134 valence electrons. The van der Waals surface area contributed by atoms with Crippen molar-refractivity contribution in [3.8, 4) is 0 Å². The predicted molar refractivity (Wildman–Crippen MR) is 96.2 cm³/mol. The second-order valence-electron chi connectivity index (χ2n) is 5.94. The number of rotatable bonds is 7. The number of likely N-dealkylation sites (tertiary alicyclic amines) is 1. The number of hydrogen-bond donors (Lipinski definition) is 0. The van der Waals surface area contributed by atoms with Gasteiger partial charge in [-0.15, -0.1) is 11.3 Å². The lowest BCUT2D eigenvalue weighted by Gasteiger charge is -2.33. The Morgan fingerprint density at radius 1 is 1.42 bits per heavy atom. The van der Waals surface area contributed by atoms with Gasteiger partial charge in [0.25, 0.3) is 0 Å². The van der Waals surface area contributed by atoms with Gasteiger partial charge in [-0.1, -0.05) is 18.5 Å². The van der Waals surface area contributed by atoms with Crippen molar-refractivity contribution in [3.63, 3.8) is 0 Å². The zero-order valence-corrected chi connectivity index (χ0v) is 15.9. The molecule has 1 saturated heterocycles. The van der Waals surface area contributed by atoms with Crippen LogP contribution in [0.25, 0.3) is 0 Å². The lowest BCUT2D eigenvalue weighted by molar-refractivity contribution is -0.151. The zero-order valence-electron chi connectivity index (χ0n) is 14.3. The summed E-state index contributed by atoms with van der Waals surface area (Å²) in [7, 11) is 0. The monoisotopic (exact) mass is 372 g/mol. The van der Waals surface area contributed by atoms with E-state index < -0.39 is 0 Å². The molecule has 5 nitrogen and oxygen atoms in total. The quantitative estimate of drug-likeness (QED) is 0.690. The Morgan fingerprint density at radius 3 is 2.83 bits per heavy atom. The van der Waals surface area contributed by atoms with Gasteiger partial charge in [0, 0.05) is 24.5 Å². The van der Waals surface area contributed by atoms with Gasteiger partial charge in [0.2, 0.25) is 5.91 Å². The van der Waals surface area contributed by atoms with Crippen LogP contribution in [0.4, 0.5) is 0 Å². The largest absolute Gasteiger partial charge is 0.466 e. The first-order chi connectivity index (χ1) is 11.5. The van der Waals surface area contributed by atoms with E-state index in [1.807, 2.05) is 19.1 Å². The highest BCUT2D eigenvalue weighted by molar-refractivity contribution is 7.16. The van der Waals surface area contributed by atoms with E-state index in [0.717, 1.165) is 41.7 Å². The molecular weight excluding hydrogens is 348 g/mol. The maximum atomic E-state index is 12.6. The maximum Gasteiger partial charge on any atom is 0.310 e. The number of carbonyl (C=O) groups is 2. The van der Waals surface area contributed by atoms with E-state index in [0.29, 0.717) is 19.7 Å². The van der Waals surface area contributed by atoms with Crippen LogP contribution in [0.5, 0.6) is 0 Å². The molecule has 2 rings (SSSR count). The fraction of sp³-hybridized carbons (Fsp3) is 0.647. The maximum absolute atomic E-state index is 12.6. The molecule has 2 heterocycles. The minimum Gasteiger partial charge on any atom is -0.466 e. The first kappa shape index (κ1) is 19.2. The first-order valence-corrected chi connectivity index (χ1v) is 9.63. The van der Waals surface area contributed by atoms with Crippen molar-refractivity contribution < 1.29 is 14.3 Å². The summed E-state index contributed by atoms with van der Waals surface area (Å²) in [4.78, 5) is 29.6. The lowest BCUT2D eigenvalue weighted by Crippen LogP contribution is -2.46. The van der Waals surface area contributed by atoms with Crippen molar-refractivity contribution in [2.75, 3.05) is 32.8 Å². The molecule has 1 atom stereocenters. The van der Waals surface area contributed by atoms with E-state index in [2.05, 4.69) is 4.90 Å². The molecule has 1 aromatic rings. The smallest absolute Gasteiger partial charge is 0.310 e. The molecule has 1 amide bonds. The molecule has 0 spiro atoms. The molecular formula is C17H25ClN2O3S. The summed E-state index contributed by atoms with van der Waals surface area (Å²) in [5, 5.41) is 0. The third-order valence-electron chi connectivity index (χ3n) is 4.21. The number of nitrogens with zero attached hydrogens (tertiary/aromatic N) is 2. The summed E-state index contributed by atoms with van der Waals surface area (Å²) in [6, 6.07) is 3.88. The van der Waals surface area contributed by atoms with Crippen LogP contribution in [-0.4, -0.2) is 54.5 Å². The van der Waals surface area contributed by atoms with E-state index in [1.54, 1.807) is 23.2 Å². The van der Waals surface area contributed by atoms with Crippen molar-refractivity contribution in [3.05, 3.63) is 21.3 Å². The van der Waals surface area contributed by atoms with Crippen LogP contribution in [0.2, 0.25) is 4.34 Å². The fourth-order valence-corrected chi connectivity index (χ4v) is 4.01. The van der Waals surface area contributed by atoms with Crippen molar-refractivity contribution >= 4 is 34.8 Å². The first-order valence-electron chi connectivity index (χ1n) is 8.44. The summed E-state index contributed by atoms with van der Waals surface area (Å²) >= 11 is 7.51. The van der Waals surface area contributed by atoms with Crippen molar-refractivity contribution in [2.45, 2.75) is 33.2 Å². The summed E-state index contributed by atoms with van der Waals surface area (Å²) in [6.07, 6.45) is 1.65. The lowest BCUT2D eigenvalue weighted by atomic mass is 9.98. The summed E-state index contributed by atoms with van der Waals surface area (Å²) in [5.74, 6) is -0.294. The minimum atomic E-state index is -0.186. The van der Waals surface area contributed by atoms with Crippen LogP contribution in [0.15, 0.2) is 12.1 Å². The number of carbonyl (C=O) groups excluding carboxylic acids is 2. The average Bonchev–Trinajstić information content (AvgIpc) is 2.99. The highest BCUT2D eigenvalue weighted by Crippen LogP contribution is 2.23. The Balaban J connectivity index is 1.88. The second-order valence-corrected chi connectivity index (χ2v) is 7.74. The summed E-state index contributed by atoms with van der Waals surface area (Å²) in [6.45, 7) is 7.29. The van der Waals surface area contributed by atoms with Gasteiger partial charge >= 0.3 is 5.97 Å². The number of esters is 1. The fourth-order valence-electron chi connectivity index (χ4n) is 2.88. The standard InChI is InChI=1S/C17H25ClN2O3S/c1-3-19(11-14-7-8-15(18)24-14)12-16(21)20-9-5-6-13(10-20)17(22)23-4-2/h7-8,13H,3-6,9-12H2,1-2H3. The highest BCUT2D eigenvalue weighted by Gasteiger charge is 2.29. The zero-order chi connectivity index (χ0) is 17.5. The number of likely N-dealkylation sites (N-methyl/N-ethyl adjacent to an activating group) is 1. The summed E-state index contributed by atoms with van der Waals surface area (Å²) in [5.41, 5.74) is 0. The van der Waals surface area contributed by atoms with Crippen LogP contribution < -0.4 is 0 Å². The highest BCUT2D eigenvalue weighted by atomic mass is 35.5. The molecule has 1 fully saturated rings. The number of ether oxygens (including phenoxy) is 1. The van der Waals surface area contributed by atoms with Gasteiger partial charge in [-0.3, -0.25) is 14.5 Å². The van der Waals surface area contributed by atoms with Crippen LogP contribution in [0.3, 0.4) is 0 Å². The molecule has 7 heteroatoms. The van der Waals surface area contributed by atoms with Crippen molar-refractivity contribution in [1.82, 2.24) is 9.80 Å². The van der Waals surface area contributed by atoms with Crippen LogP contribution in [-0.2, 0) is 20.9 Å². The van der Waals surface area contributed by atoms with Gasteiger partial charge in [-0.25, -0.2) is 0 Å². The molecule has 0 saturated carbocycles. The Kier molecular flexibility index (Phi) is 7.52. The third kappa shape index (κ3) is 5.46. The van der Waals surface area contributed by atoms with E-state index in [-0.39, 0.29) is 17.8 Å². The predicted octanol–water partition coefficient (Wildman–Crippen LogP) is 3.03. The van der Waals surface area contributed by atoms with Gasteiger partial charge in [0.1, 0.15) is 0 Å². The van der Waals surface area contributed by atoms with Crippen LogP contribution in [0, 0.1) is 5.92 Å². The molecule has 0 aliphatic carbocycles. The molecule has 1 aromatic heterocycles. The van der Waals surface area contributed by atoms with Crippen LogP contribution in [0.1, 0.15) is 31.6 Å².